The van der Waals surface area contributed by atoms with E-state index in [1.165, 1.54) is 0 Å². The lowest BCUT2D eigenvalue weighted by Crippen LogP contribution is -2.48. The predicted octanol–water partition coefficient (Wildman–Crippen LogP) is 1.65. The highest BCUT2D eigenvalue weighted by molar-refractivity contribution is 5.98. The van der Waals surface area contributed by atoms with Crippen LogP contribution in [0.3, 0.4) is 0 Å². The quantitative estimate of drug-likeness (QED) is 0.915. The van der Waals surface area contributed by atoms with Gasteiger partial charge in [-0.25, -0.2) is 4.98 Å². The average Bonchev–Trinajstić information content (AvgIpc) is 2.68. The zero-order chi connectivity index (χ0) is 17.1. The third-order valence-corrected chi connectivity index (χ3v) is 4.44. The molecule has 0 unspecified atom stereocenters. The van der Waals surface area contributed by atoms with Gasteiger partial charge in [0.1, 0.15) is 19.0 Å². The Morgan fingerprint density at radius 2 is 2.16 bits per heavy atom. The third kappa shape index (κ3) is 3.35. The molecule has 2 aliphatic rings. The molecule has 0 radical (unpaired) electrons. The normalized spacial score (nSPS) is 19.4. The molecule has 0 aliphatic carbocycles. The van der Waals surface area contributed by atoms with Gasteiger partial charge in [-0.1, -0.05) is 6.07 Å². The average molecular weight is 340 g/mol. The van der Waals surface area contributed by atoms with E-state index in [2.05, 4.69) is 20.2 Å². The largest absolute Gasteiger partial charge is 0.486 e. The second-order valence-corrected chi connectivity index (χ2v) is 6.15. The van der Waals surface area contributed by atoms with Crippen molar-refractivity contribution in [1.82, 2.24) is 15.3 Å². The van der Waals surface area contributed by atoms with Gasteiger partial charge in [0.2, 0.25) is 0 Å². The second-order valence-electron chi connectivity index (χ2n) is 6.15. The number of hydrogen-bond donors (Lipinski definition) is 1. The first-order chi connectivity index (χ1) is 12.3. The summed E-state index contributed by atoms with van der Waals surface area (Å²) in [6, 6.07) is 5.46. The zero-order valence-electron chi connectivity index (χ0n) is 13.9. The molecule has 1 fully saturated rings. The molecule has 1 saturated heterocycles. The van der Waals surface area contributed by atoms with E-state index in [1.807, 2.05) is 12.1 Å². The van der Waals surface area contributed by atoms with Gasteiger partial charge in [0.05, 0.1) is 11.8 Å². The molecule has 4 rings (SSSR count). The smallest absolute Gasteiger partial charge is 0.255 e. The van der Waals surface area contributed by atoms with Crippen LogP contribution in [-0.4, -0.2) is 48.2 Å². The second kappa shape index (κ2) is 6.96. The summed E-state index contributed by atoms with van der Waals surface area (Å²) < 4.78 is 11.2. The number of nitrogens with zero attached hydrogens (tertiary/aromatic N) is 3. The summed E-state index contributed by atoms with van der Waals surface area (Å²) in [5.74, 6) is 1.88. The minimum atomic E-state index is -0.131. The standard InChI is InChI=1S/C18H20N4O3/c23-18(14-4-1-5-15-17(14)25-10-9-24-15)21-13-3-2-8-22(12-13)16-11-19-6-7-20-16/h1,4-7,11,13H,2-3,8-10,12H2,(H,21,23)/t13-/m1/s1. The molecule has 7 nitrogen and oxygen atoms in total. The number of anilines is 1. The van der Waals surface area contributed by atoms with Crippen LogP contribution in [0, 0.1) is 0 Å². The Labute approximate surface area is 146 Å². The lowest BCUT2D eigenvalue weighted by Gasteiger charge is -2.33. The maximum atomic E-state index is 12.7. The Morgan fingerprint density at radius 1 is 1.24 bits per heavy atom. The van der Waals surface area contributed by atoms with Gasteiger partial charge in [-0.05, 0) is 25.0 Å². The number of para-hydroxylation sites is 1. The first kappa shape index (κ1) is 15.7. The van der Waals surface area contributed by atoms with Crippen LogP contribution in [0.25, 0.3) is 0 Å². The number of amides is 1. The summed E-state index contributed by atoms with van der Waals surface area (Å²) >= 11 is 0. The summed E-state index contributed by atoms with van der Waals surface area (Å²) in [4.78, 5) is 23.4. The van der Waals surface area contributed by atoms with Crippen molar-refractivity contribution in [3.63, 3.8) is 0 Å². The van der Waals surface area contributed by atoms with Gasteiger partial charge >= 0.3 is 0 Å². The molecule has 0 bridgehead atoms. The van der Waals surface area contributed by atoms with E-state index >= 15 is 0 Å². The van der Waals surface area contributed by atoms with Gasteiger partial charge in [0, 0.05) is 31.5 Å². The Bertz CT molecular complexity index is 753. The fourth-order valence-electron chi connectivity index (χ4n) is 3.27. The van der Waals surface area contributed by atoms with Crippen molar-refractivity contribution >= 4 is 11.7 Å². The number of fused-ring (bicyclic) bond motifs is 1. The molecule has 2 aliphatic heterocycles. The monoisotopic (exact) mass is 340 g/mol. The van der Waals surface area contributed by atoms with E-state index in [4.69, 9.17) is 9.47 Å². The van der Waals surface area contributed by atoms with Crippen molar-refractivity contribution in [1.29, 1.82) is 0 Å². The summed E-state index contributed by atoms with van der Waals surface area (Å²) in [5, 5.41) is 3.12. The van der Waals surface area contributed by atoms with Gasteiger partial charge in [0.15, 0.2) is 11.5 Å². The third-order valence-electron chi connectivity index (χ3n) is 4.44. The van der Waals surface area contributed by atoms with E-state index < -0.39 is 0 Å². The number of ether oxygens (including phenoxy) is 2. The van der Waals surface area contributed by atoms with Crippen molar-refractivity contribution in [2.24, 2.45) is 0 Å². The van der Waals surface area contributed by atoms with Crippen LogP contribution < -0.4 is 19.7 Å². The molecule has 1 amide bonds. The number of piperidine rings is 1. The van der Waals surface area contributed by atoms with Crippen LogP contribution in [0.5, 0.6) is 11.5 Å². The number of carbonyl (C=O) groups excluding carboxylic acids is 1. The number of hydrogen-bond acceptors (Lipinski definition) is 6. The van der Waals surface area contributed by atoms with Crippen LogP contribution in [0.1, 0.15) is 23.2 Å². The molecule has 0 saturated carbocycles. The molecule has 3 heterocycles. The minimum absolute atomic E-state index is 0.0589. The number of rotatable bonds is 3. The number of carbonyl (C=O) groups is 1. The van der Waals surface area contributed by atoms with E-state index in [9.17, 15) is 4.79 Å². The Balaban J connectivity index is 1.46. The first-order valence-electron chi connectivity index (χ1n) is 8.52. The molecule has 0 spiro atoms. The molecule has 25 heavy (non-hydrogen) atoms. The molecule has 7 heteroatoms. The highest BCUT2D eigenvalue weighted by atomic mass is 16.6. The van der Waals surface area contributed by atoms with Crippen LogP contribution in [0.15, 0.2) is 36.8 Å². The summed E-state index contributed by atoms with van der Waals surface area (Å²) in [6.45, 7) is 2.61. The highest BCUT2D eigenvalue weighted by Gasteiger charge is 2.25. The van der Waals surface area contributed by atoms with Gasteiger partial charge < -0.3 is 19.7 Å². The lowest BCUT2D eigenvalue weighted by molar-refractivity contribution is 0.0922. The summed E-state index contributed by atoms with van der Waals surface area (Å²) in [6.07, 6.45) is 7.03. The molecular weight excluding hydrogens is 320 g/mol. The van der Waals surface area contributed by atoms with Crippen LogP contribution >= 0.6 is 0 Å². The molecule has 130 valence electrons. The van der Waals surface area contributed by atoms with Gasteiger partial charge in [0.25, 0.3) is 5.91 Å². The van der Waals surface area contributed by atoms with Gasteiger partial charge in [-0.3, -0.25) is 9.78 Å². The SMILES string of the molecule is O=C(N[C@@H]1CCCN(c2cnccn2)C1)c1cccc2c1OCCO2. The summed E-state index contributed by atoms with van der Waals surface area (Å²) in [5.41, 5.74) is 0.522. The maximum absolute atomic E-state index is 12.7. The Morgan fingerprint density at radius 3 is 3.04 bits per heavy atom. The maximum Gasteiger partial charge on any atom is 0.255 e. The Kier molecular flexibility index (Phi) is 4.37. The van der Waals surface area contributed by atoms with Crippen molar-refractivity contribution in [3.05, 3.63) is 42.4 Å². The topological polar surface area (TPSA) is 76.6 Å². The number of benzene rings is 1. The lowest BCUT2D eigenvalue weighted by atomic mass is 10.0. The minimum Gasteiger partial charge on any atom is -0.486 e. The summed E-state index contributed by atoms with van der Waals surface area (Å²) in [7, 11) is 0. The zero-order valence-corrected chi connectivity index (χ0v) is 13.9. The van der Waals surface area contributed by atoms with E-state index in [0.29, 0.717) is 30.3 Å². The number of nitrogens with one attached hydrogen (secondary N) is 1. The highest BCUT2D eigenvalue weighted by Crippen LogP contribution is 2.33. The molecule has 1 N–H and O–H groups in total. The molecule has 2 aromatic rings. The fraction of sp³-hybridized carbons (Fsp3) is 0.389. The predicted molar refractivity (Wildman–Crippen MR) is 92.2 cm³/mol. The fourth-order valence-corrected chi connectivity index (χ4v) is 3.27. The van der Waals surface area contributed by atoms with Crippen LogP contribution in [0.2, 0.25) is 0 Å². The van der Waals surface area contributed by atoms with Gasteiger partial charge in [-0.2, -0.15) is 0 Å². The first-order valence-corrected chi connectivity index (χ1v) is 8.52. The van der Waals surface area contributed by atoms with Crippen LogP contribution in [0.4, 0.5) is 5.82 Å². The molecule has 1 aromatic heterocycles. The molecule has 1 aromatic carbocycles. The van der Waals surface area contributed by atoms with E-state index in [-0.39, 0.29) is 11.9 Å². The Hall–Kier alpha value is -2.83. The van der Waals surface area contributed by atoms with Crippen molar-refractivity contribution in [2.45, 2.75) is 18.9 Å². The van der Waals surface area contributed by atoms with Crippen LogP contribution in [-0.2, 0) is 0 Å². The van der Waals surface area contributed by atoms with Crippen molar-refractivity contribution in [2.75, 3.05) is 31.2 Å². The van der Waals surface area contributed by atoms with Crippen molar-refractivity contribution < 1.29 is 14.3 Å². The van der Waals surface area contributed by atoms with E-state index in [1.54, 1.807) is 24.7 Å². The van der Waals surface area contributed by atoms with E-state index in [0.717, 1.165) is 31.7 Å². The van der Waals surface area contributed by atoms with Crippen molar-refractivity contribution in [3.8, 4) is 11.5 Å². The van der Waals surface area contributed by atoms with Gasteiger partial charge in [-0.15, -0.1) is 0 Å². The molecule has 1 atom stereocenters. The number of aromatic nitrogens is 2. The molecular formula is C18H20N4O3.